The van der Waals surface area contributed by atoms with E-state index in [1.165, 1.54) is 6.07 Å². The number of hydrogen-bond acceptors (Lipinski definition) is 6. The van der Waals surface area contributed by atoms with Crippen LogP contribution in [-0.4, -0.2) is 14.9 Å². The van der Waals surface area contributed by atoms with Gasteiger partial charge in [-0.25, -0.2) is 9.37 Å². The predicted molar refractivity (Wildman–Crippen MR) is 99.1 cm³/mol. The summed E-state index contributed by atoms with van der Waals surface area (Å²) in [7, 11) is 0. The molecule has 26 heavy (non-hydrogen) atoms. The van der Waals surface area contributed by atoms with Crippen LogP contribution in [0.3, 0.4) is 0 Å². The van der Waals surface area contributed by atoms with E-state index in [4.69, 9.17) is 5.73 Å². The molecule has 3 rings (SSSR count). The van der Waals surface area contributed by atoms with Crippen LogP contribution in [0.2, 0.25) is 0 Å². The Morgan fingerprint density at radius 2 is 1.96 bits per heavy atom. The first-order valence-corrected chi connectivity index (χ1v) is 8.28. The molecule has 0 spiro atoms. The molecule has 9 heteroatoms. The Kier molecular flexibility index (Phi) is 5.08. The van der Waals surface area contributed by atoms with Crippen LogP contribution in [0.15, 0.2) is 59.2 Å². The van der Waals surface area contributed by atoms with Crippen LogP contribution < -0.4 is 11.1 Å². The van der Waals surface area contributed by atoms with Crippen molar-refractivity contribution in [3.8, 4) is 0 Å². The number of hydrogen-bond donors (Lipinski definition) is 2. The smallest absolute Gasteiger partial charge is 0.329 e. The first-order chi connectivity index (χ1) is 12.5. The maximum atomic E-state index is 14.5. The maximum absolute atomic E-state index is 14.5. The summed E-state index contributed by atoms with van der Waals surface area (Å²) in [6.45, 7) is 0. The van der Waals surface area contributed by atoms with Crippen LogP contribution in [0.4, 0.5) is 21.8 Å². The number of nitrogen functional groups attached to an aromatic ring is 1. The highest BCUT2D eigenvalue weighted by Crippen LogP contribution is 2.30. The average molecular weight is 418 g/mol. The molecule has 1 heterocycles. The Balaban J connectivity index is 2.02. The summed E-state index contributed by atoms with van der Waals surface area (Å²) in [6, 6.07) is 13.3. The van der Waals surface area contributed by atoms with Gasteiger partial charge in [-0.2, -0.15) is 4.98 Å². The summed E-state index contributed by atoms with van der Waals surface area (Å²) >= 11 is 3.23. The number of aromatic nitrogens is 2. The fourth-order valence-electron chi connectivity index (χ4n) is 2.45. The molecule has 1 aromatic heterocycles. The van der Waals surface area contributed by atoms with E-state index in [0.717, 1.165) is 11.8 Å². The van der Waals surface area contributed by atoms with Crippen molar-refractivity contribution in [2.24, 2.45) is 0 Å². The Morgan fingerprint density at radius 3 is 2.58 bits per heavy atom. The van der Waals surface area contributed by atoms with Crippen molar-refractivity contribution in [2.45, 2.75) is 6.04 Å². The molecule has 3 N–H and O–H groups in total. The van der Waals surface area contributed by atoms with Gasteiger partial charge in [-0.05, 0) is 17.7 Å². The van der Waals surface area contributed by atoms with Crippen LogP contribution in [0.5, 0.6) is 0 Å². The fraction of sp³-hybridized carbons (Fsp3) is 0.0588. The van der Waals surface area contributed by atoms with Crippen LogP contribution in [0.1, 0.15) is 17.2 Å². The molecular weight excluding hydrogens is 405 g/mol. The summed E-state index contributed by atoms with van der Waals surface area (Å²) < 4.78 is 15.1. The van der Waals surface area contributed by atoms with Crippen LogP contribution >= 0.6 is 15.9 Å². The maximum Gasteiger partial charge on any atom is 0.329 e. The molecule has 3 aromatic rings. The van der Waals surface area contributed by atoms with Crippen LogP contribution in [0, 0.1) is 15.9 Å². The van der Waals surface area contributed by atoms with Gasteiger partial charge in [0.1, 0.15) is 12.0 Å². The molecule has 0 amide bonds. The molecule has 0 saturated heterocycles. The minimum atomic E-state index is -0.665. The van der Waals surface area contributed by atoms with Gasteiger partial charge in [0, 0.05) is 10.0 Å². The Hall–Kier alpha value is -3.07. The molecule has 0 bridgehead atoms. The number of nitrogens with one attached hydrogen (secondary N) is 1. The number of nitrogens with two attached hydrogens (primary N) is 1. The first-order valence-electron chi connectivity index (χ1n) is 7.49. The molecule has 2 aromatic carbocycles. The Bertz CT molecular complexity index is 955. The lowest BCUT2D eigenvalue weighted by Crippen LogP contribution is -2.16. The van der Waals surface area contributed by atoms with Gasteiger partial charge in [0.2, 0.25) is 11.8 Å². The second kappa shape index (κ2) is 7.44. The summed E-state index contributed by atoms with van der Waals surface area (Å²) in [5, 5.41) is 13.8. The molecule has 0 aliphatic heterocycles. The van der Waals surface area contributed by atoms with Gasteiger partial charge in [-0.15, -0.1) is 0 Å². The highest BCUT2D eigenvalue weighted by molar-refractivity contribution is 9.10. The molecule has 0 saturated carbocycles. The number of halogens is 2. The lowest BCUT2D eigenvalue weighted by Gasteiger charge is -2.20. The topological polar surface area (TPSA) is 107 Å². The van der Waals surface area contributed by atoms with Crippen molar-refractivity contribution >= 4 is 33.4 Å². The Labute approximate surface area is 156 Å². The van der Waals surface area contributed by atoms with E-state index >= 15 is 0 Å². The van der Waals surface area contributed by atoms with Gasteiger partial charge in [0.05, 0.1) is 11.0 Å². The summed E-state index contributed by atoms with van der Waals surface area (Å²) in [6.07, 6.45) is 1.02. The van der Waals surface area contributed by atoms with Crippen molar-refractivity contribution in [3.63, 3.8) is 0 Å². The second-order valence-corrected chi connectivity index (χ2v) is 6.29. The van der Waals surface area contributed by atoms with Crippen molar-refractivity contribution in [1.82, 2.24) is 9.97 Å². The van der Waals surface area contributed by atoms with Gasteiger partial charge in [0.25, 0.3) is 0 Å². The number of nitrogens with zero attached hydrogens (tertiary/aromatic N) is 3. The summed E-state index contributed by atoms with van der Waals surface area (Å²) in [5.74, 6) is -0.629. The summed E-state index contributed by atoms with van der Waals surface area (Å²) in [4.78, 5) is 18.0. The van der Waals surface area contributed by atoms with E-state index in [2.05, 4.69) is 31.2 Å². The first kappa shape index (κ1) is 17.7. The van der Waals surface area contributed by atoms with E-state index in [1.807, 2.05) is 30.3 Å². The van der Waals surface area contributed by atoms with Crippen molar-refractivity contribution in [3.05, 3.63) is 86.3 Å². The molecule has 7 nitrogen and oxygen atoms in total. The van der Waals surface area contributed by atoms with Crippen molar-refractivity contribution in [1.29, 1.82) is 0 Å². The Morgan fingerprint density at radius 1 is 1.23 bits per heavy atom. The third-order valence-corrected chi connectivity index (χ3v) is 4.17. The van der Waals surface area contributed by atoms with Gasteiger partial charge in [-0.3, -0.25) is 10.1 Å². The second-order valence-electron chi connectivity index (χ2n) is 5.38. The lowest BCUT2D eigenvalue weighted by molar-refractivity contribution is -0.384. The van der Waals surface area contributed by atoms with Crippen molar-refractivity contribution in [2.75, 3.05) is 11.1 Å². The third-order valence-electron chi connectivity index (χ3n) is 3.67. The number of anilines is 2. The number of rotatable bonds is 5. The van der Waals surface area contributed by atoms with Crippen LogP contribution in [0.25, 0.3) is 0 Å². The normalized spacial score (nSPS) is 11.8. The standard InChI is InChI=1S/C17H13BrFN5O2/c18-11-6-7-12(13(19)8-11)15(10-4-2-1-3-5-10)22-17-21-9-14(24(25)26)16(20)23-17/h1-9,15H,(H3,20,21,22,23)/t15-/m0/s1. The molecule has 0 radical (unpaired) electrons. The zero-order valence-corrected chi connectivity index (χ0v) is 14.9. The number of nitro groups is 1. The molecule has 132 valence electrons. The quantitative estimate of drug-likeness (QED) is 0.478. The molecule has 0 aliphatic carbocycles. The largest absolute Gasteiger partial charge is 0.378 e. The predicted octanol–water partition coefficient (Wildman–Crippen LogP) is 4.07. The van der Waals surface area contributed by atoms with Crippen LogP contribution in [-0.2, 0) is 0 Å². The van der Waals surface area contributed by atoms with E-state index in [9.17, 15) is 14.5 Å². The van der Waals surface area contributed by atoms with Gasteiger partial charge < -0.3 is 11.1 Å². The molecule has 1 atom stereocenters. The molecule has 0 fully saturated rings. The van der Waals surface area contributed by atoms with Crippen molar-refractivity contribution < 1.29 is 9.31 Å². The number of benzene rings is 2. The molecule has 0 unspecified atom stereocenters. The lowest BCUT2D eigenvalue weighted by atomic mass is 9.98. The fourth-order valence-corrected chi connectivity index (χ4v) is 2.78. The zero-order valence-electron chi connectivity index (χ0n) is 13.3. The van der Waals surface area contributed by atoms with E-state index in [-0.39, 0.29) is 17.5 Å². The zero-order chi connectivity index (χ0) is 18.7. The SMILES string of the molecule is Nc1nc(N[C@@H](c2ccccc2)c2ccc(Br)cc2F)ncc1[N+](=O)[O-]. The molecular formula is C17H13BrFN5O2. The van der Waals surface area contributed by atoms with Gasteiger partial charge in [0.15, 0.2) is 0 Å². The van der Waals surface area contributed by atoms with Gasteiger partial charge in [-0.1, -0.05) is 52.3 Å². The monoisotopic (exact) mass is 417 g/mol. The summed E-state index contributed by atoms with van der Waals surface area (Å²) in [5.41, 5.74) is 6.37. The molecule has 0 aliphatic rings. The minimum Gasteiger partial charge on any atom is -0.378 e. The third kappa shape index (κ3) is 3.77. The minimum absolute atomic E-state index is 0.0595. The highest BCUT2D eigenvalue weighted by atomic mass is 79.9. The van der Waals surface area contributed by atoms with E-state index < -0.39 is 16.8 Å². The van der Waals surface area contributed by atoms with E-state index in [0.29, 0.717) is 10.0 Å². The highest BCUT2D eigenvalue weighted by Gasteiger charge is 2.21. The average Bonchev–Trinajstić information content (AvgIpc) is 2.61. The van der Waals surface area contributed by atoms with Gasteiger partial charge >= 0.3 is 5.69 Å². The van der Waals surface area contributed by atoms with E-state index in [1.54, 1.807) is 12.1 Å².